The lowest BCUT2D eigenvalue weighted by atomic mass is 10.2. The Morgan fingerprint density at radius 3 is 2.73 bits per heavy atom. The molecule has 1 fully saturated rings. The summed E-state index contributed by atoms with van der Waals surface area (Å²) in [5.41, 5.74) is 1.11. The molecule has 0 saturated carbocycles. The van der Waals surface area contributed by atoms with Gasteiger partial charge in [0.05, 0.1) is 11.2 Å². The summed E-state index contributed by atoms with van der Waals surface area (Å²) in [6.45, 7) is 1.61. The van der Waals surface area contributed by atoms with Crippen molar-refractivity contribution in [1.82, 2.24) is 9.29 Å². The van der Waals surface area contributed by atoms with Gasteiger partial charge in [0.25, 0.3) is 0 Å². The van der Waals surface area contributed by atoms with E-state index in [0.29, 0.717) is 29.6 Å². The number of ether oxygens (including phenoxy) is 1. The highest BCUT2D eigenvalue weighted by Gasteiger charge is 2.19. The van der Waals surface area contributed by atoms with Gasteiger partial charge in [0, 0.05) is 17.6 Å². The molecule has 1 saturated heterocycles. The Morgan fingerprint density at radius 2 is 1.96 bits per heavy atom. The fourth-order valence-corrected chi connectivity index (χ4v) is 4.42. The number of hydrogen-bond acceptors (Lipinski definition) is 4. The molecule has 1 aromatic heterocycles. The largest absolute Gasteiger partial charge is 0.491 e. The van der Waals surface area contributed by atoms with Crippen LogP contribution in [0, 0.1) is 0 Å². The number of nitrogens with one attached hydrogen (secondary N) is 2. The molecule has 2 aromatic carbocycles. The van der Waals surface area contributed by atoms with E-state index in [0.717, 1.165) is 24.8 Å². The van der Waals surface area contributed by atoms with Gasteiger partial charge in [0.15, 0.2) is 0 Å². The van der Waals surface area contributed by atoms with E-state index in [1.165, 1.54) is 3.97 Å². The van der Waals surface area contributed by atoms with Crippen molar-refractivity contribution in [3.05, 3.63) is 60.8 Å². The SMILES string of the molecule is O=S(=O)(Nc1ccccc1)n1ccc2c(OC[C@@H]3CCCN3)cccc21. The number of hydrogen-bond donors (Lipinski definition) is 2. The molecule has 3 aromatic rings. The fourth-order valence-electron chi connectivity index (χ4n) is 3.24. The lowest BCUT2D eigenvalue weighted by molar-refractivity contribution is 0.280. The van der Waals surface area contributed by atoms with Crippen LogP contribution < -0.4 is 14.8 Å². The van der Waals surface area contributed by atoms with E-state index >= 15 is 0 Å². The fraction of sp³-hybridized carbons (Fsp3) is 0.263. The minimum atomic E-state index is -3.75. The number of benzene rings is 2. The molecule has 2 heterocycles. The van der Waals surface area contributed by atoms with E-state index in [4.69, 9.17) is 4.74 Å². The highest BCUT2D eigenvalue weighted by atomic mass is 32.2. The second-order valence-electron chi connectivity index (χ2n) is 6.38. The molecule has 1 aliphatic rings. The van der Waals surface area contributed by atoms with Crippen molar-refractivity contribution in [3.63, 3.8) is 0 Å². The average Bonchev–Trinajstić information content (AvgIpc) is 3.30. The third-order valence-corrected chi connectivity index (χ3v) is 5.87. The van der Waals surface area contributed by atoms with Crippen LogP contribution in [0.1, 0.15) is 12.8 Å². The van der Waals surface area contributed by atoms with Crippen molar-refractivity contribution in [3.8, 4) is 5.75 Å². The van der Waals surface area contributed by atoms with Crippen molar-refractivity contribution in [2.75, 3.05) is 17.9 Å². The van der Waals surface area contributed by atoms with E-state index < -0.39 is 10.2 Å². The lowest BCUT2D eigenvalue weighted by Crippen LogP contribution is -2.28. The molecule has 0 bridgehead atoms. The van der Waals surface area contributed by atoms with Gasteiger partial charge in [-0.15, -0.1) is 0 Å². The third-order valence-electron chi connectivity index (χ3n) is 4.54. The smallest absolute Gasteiger partial charge is 0.327 e. The predicted molar refractivity (Wildman–Crippen MR) is 103 cm³/mol. The first-order valence-corrected chi connectivity index (χ1v) is 10.1. The van der Waals surface area contributed by atoms with Crippen molar-refractivity contribution >= 4 is 26.8 Å². The number of anilines is 1. The Balaban J connectivity index is 1.61. The maximum absolute atomic E-state index is 12.8. The molecule has 0 unspecified atom stereocenters. The van der Waals surface area contributed by atoms with Gasteiger partial charge in [-0.3, -0.25) is 4.72 Å². The molecular formula is C19H21N3O3S. The molecule has 0 amide bonds. The molecular weight excluding hydrogens is 350 g/mol. The molecule has 1 aliphatic heterocycles. The van der Waals surface area contributed by atoms with E-state index in [9.17, 15) is 8.42 Å². The van der Waals surface area contributed by atoms with Crippen LogP contribution in [0.2, 0.25) is 0 Å². The number of aromatic nitrogens is 1. The van der Waals surface area contributed by atoms with Gasteiger partial charge in [-0.05, 0) is 49.7 Å². The number of nitrogens with zero attached hydrogens (tertiary/aromatic N) is 1. The summed E-state index contributed by atoms with van der Waals surface area (Å²) < 4.78 is 35.3. The first-order chi connectivity index (χ1) is 12.6. The van der Waals surface area contributed by atoms with Crippen LogP contribution in [0.5, 0.6) is 5.75 Å². The monoisotopic (exact) mass is 371 g/mol. The predicted octanol–water partition coefficient (Wildman–Crippen LogP) is 2.98. The minimum absolute atomic E-state index is 0.357. The van der Waals surface area contributed by atoms with Gasteiger partial charge in [-0.1, -0.05) is 24.3 Å². The normalized spacial score (nSPS) is 17.5. The van der Waals surface area contributed by atoms with Crippen molar-refractivity contribution in [1.29, 1.82) is 0 Å². The first-order valence-electron chi connectivity index (χ1n) is 8.68. The Hall–Kier alpha value is -2.51. The lowest BCUT2D eigenvalue weighted by Gasteiger charge is -2.13. The zero-order valence-electron chi connectivity index (χ0n) is 14.3. The second-order valence-corrected chi connectivity index (χ2v) is 7.93. The number of fused-ring (bicyclic) bond motifs is 1. The molecule has 26 heavy (non-hydrogen) atoms. The molecule has 6 nitrogen and oxygen atoms in total. The van der Waals surface area contributed by atoms with Gasteiger partial charge >= 0.3 is 10.2 Å². The number of rotatable bonds is 6. The average molecular weight is 371 g/mol. The highest BCUT2D eigenvalue weighted by molar-refractivity contribution is 7.91. The van der Waals surface area contributed by atoms with Crippen molar-refractivity contribution in [2.24, 2.45) is 0 Å². The summed E-state index contributed by atoms with van der Waals surface area (Å²) in [6.07, 6.45) is 3.82. The highest BCUT2D eigenvalue weighted by Crippen LogP contribution is 2.28. The van der Waals surface area contributed by atoms with E-state index in [-0.39, 0.29) is 0 Å². The first kappa shape index (κ1) is 16.9. The van der Waals surface area contributed by atoms with Gasteiger partial charge in [-0.25, -0.2) is 3.97 Å². The van der Waals surface area contributed by atoms with Gasteiger partial charge in [0.2, 0.25) is 0 Å². The van der Waals surface area contributed by atoms with E-state index in [2.05, 4.69) is 10.0 Å². The van der Waals surface area contributed by atoms with Crippen LogP contribution >= 0.6 is 0 Å². The maximum atomic E-state index is 12.8. The van der Waals surface area contributed by atoms with Crippen LogP contribution in [0.4, 0.5) is 5.69 Å². The van der Waals surface area contributed by atoms with Crippen LogP contribution in [-0.2, 0) is 10.2 Å². The summed E-state index contributed by atoms with van der Waals surface area (Å²) in [5, 5.41) is 4.18. The second kappa shape index (κ2) is 7.01. The molecule has 4 rings (SSSR count). The summed E-state index contributed by atoms with van der Waals surface area (Å²) in [7, 11) is -3.75. The van der Waals surface area contributed by atoms with Crippen LogP contribution in [0.15, 0.2) is 60.8 Å². The molecule has 1 atom stereocenters. The third kappa shape index (κ3) is 3.40. The minimum Gasteiger partial charge on any atom is -0.491 e. The Kier molecular flexibility index (Phi) is 4.57. The standard InChI is InChI=1S/C19H21N3O3S/c23-26(24,21-15-6-2-1-3-7-15)22-13-11-17-18(22)9-4-10-19(17)25-14-16-8-5-12-20-16/h1-4,6-7,9-11,13,16,20-21H,5,8,12,14H2/t16-/m0/s1. The zero-order chi connectivity index (χ0) is 18.0. The Morgan fingerprint density at radius 1 is 1.12 bits per heavy atom. The zero-order valence-corrected chi connectivity index (χ0v) is 15.1. The quantitative estimate of drug-likeness (QED) is 0.699. The van der Waals surface area contributed by atoms with E-state index in [1.54, 1.807) is 42.6 Å². The Labute approximate surface area is 153 Å². The molecule has 7 heteroatoms. The van der Waals surface area contributed by atoms with Crippen molar-refractivity contribution in [2.45, 2.75) is 18.9 Å². The summed E-state index contributed by atoms with van der Waals surface area (Å²) in [4.78, 5) is 0. The van der Waals surface area contributed by atoms with Crippen LogP contribution in [0.3, 0.4) is 0 Å². The molecule has 2 N–H and O–H groups in total. The van der Waals surface area contributed by atoms with E-state index in [1.807, 2.05) is 18.2 Å². The van der Waals surface area contributed by atoms with Crippen molar-refractivity contribution < 1.29 is 13.2 Å². The summed E-state index contributed by atoms with van der Waals surface area (Å²) >= 11 is 0. The topological polar surface area (TPSA) is 72.4 Å². The summed E-state index contributed by atoms with van der Waals surface area (Å²) in [5.74, 6) is 0.699. The molecule has 0 spiro atoms. The van der Waals surface area contributed by atoms with Crippen LogP contribution in [0.25, 0.3) is 10.9 Å². The molecule has 0 aliphatic carbocycles. The molecule has 136 valence electrons. The maximum Gasteiger partial charge on any atom is 0.327 e. The van der Waals surface area contributed by atoms with Gasteiger partial charge in [-0.2, -0.15) is 8.42 Å². The van der Waals surface area contributed by atoms with Gasteiger partial charge in [0.1, 0.15) is 12.4 Å². The van der Waals surface area contributed by atoms with Crippen LogP contribution in [-0.4, -0.2) is 31.6 Å². The number of para-hydroxylation sites is 1. The Bertz CT molecular complexity index is 993. The molecule has 0 radical (unpaired) electrons. The summed E-state index contributed by atoms with van der Waals surface area (Å²) in [6, 6.07) is 16.4. The van der Waals surface area contributed by atoms with Gasteiger partial charge < -0.3 is 10.1 Å².